The molecule has 2 fully saturated rings. The van der Waals surface area contributed by atoms with E-state index in [2.05, 4.69) is 4.72 Å². The van der Waals surface area contributed by atoms with E-state index in [1.165, 1.54) is 24.3 Å². The number of rotatable bonds is 7. The van der Waals surface area contributed by atoms with Crippen molar-refractivity contribution in [1.29, 1.82) is 5.26 Å². The van der Waals surface area contributed by atoms with Crippen molar-refractivity contribution in [2.24, 2.45) is 5.92 Å². The maximum Gasteiger partial charge on any atom is 0.337 e. The van der Waals surface area contributed by atoms with Gasteiger partial charge in [0.15, 0.2) is 0 Å². The number of hydrogen-bond acceptors (Lipinski definition) is 5. The first-order valence-corrected chi connectivity index (χ1v) is 11.9. The SMILES string of the molecule is CC1CCC1Oc1cc(Cl)c(C#N)cc1NS(=O)(=O)c1cc(C2CC2)ccc1C(=O)O. The van der Waals surface area contributed by atoms with E-state index in [1.807, 2.05) is 13.0 Å². The minimum Gasteiger partial charge on any atom is -0.488 e. The summed E-state index contributed by atoms with van der Waals surface area (Å²) in [6.45, 7) is 2.03. The van der Waals surface area contributed by atoms with E-state index >= 15 is 0 Å². The Balaban J connectivity index is 1.75. The summed E-state index contributed by atoms with van der Waals surface area (Å²) in [6.07, 6.45) is 3.64. The van der Waals surface area contributed by atoms with Crippen LogP contribution in [0, 0.1) is 17.2 Å². The van der Waals surface area contributed by atoms with Crippen molar-refractivity contribution in [3.05, 3.63) is 52.0 Å². The van der Waals surface area contributed by atoms with Gasteiger partial charge in [0.1, 0.15) is 22.8 Å². The second kappa shape index (κ2) is 8.06. The zero-order valence-electron chi connectivity index (χ0n) is 16.8. The fraction of sp³-hybridized carbons (Fsp3) is 0.364. The summed E-state index contributed by atoms with van der Waals surface area (Å²) >= 11 is 6.14. The summed E-state index contributed by atoms with van der Waals surface area (Å²) in [6, 6.07) is 9.04. The number of aromatic carboxylic acids is 1. The van der Waals surface area contributed by atoms with E-state index < -0.39 is 16.0 Å². The number of carboxylic acid groups (broad SMARTS) is 1. The number of sulfonamides is 1. The summed E-state index contributed by atoms with van der Waals surface area (Å²) in [5.74, 6) is -0.570. The van der Waals surface area contributed by atoms with Crippen LogP contribution in [0.1, 0.15) is 60.0 Å². The number of nitriles is 1. The van der Waals surface area contributed by atoms with Gasteiger partial charge in [0.05, 0.1) is 21.8 Å². The van der Waals surface area contributed by atoms with E-state index in [9.17, 15) is 23.6 Å². The topological polar surface area (TPSA) is 116 Å². The maximum atomic E-state index is 13.2. The van der Waals surface area contributed by atoms with Gasteiger partial charge in [-0.2, -0.15) is 5.26 Å². The monoisotopic (exact) mass is 460 g/mol. The van der Waals surface area contributed by atoms with Gasteiger partial charge >= 0.3 is 5.97 Å². The molecule has 4 rings (SSSR count). The highest BCUT2D eigenvalue weighted by Gasteiger charge is 2.32. The van der Waals surface area contributed by atoms with Crippen LogP contribution in [0.15, 0.2) is 35.2 Å². The molecule has 2 N–H and O–H groups in total. The molecule has 0 saturated heterocycles. The average molecular weight is 461 g/mol. The molecule has 0 amide bonds. The lowest BCUT2D eigenvalue weighted by Gasteiger charge is -2.34. The quantitative estimate of drug-likeness (QED) is 0.614. The smallest absolute Gasteiger partial charge is 0.337 e. The van der Waals surface area contributed by atoms with Crippen LogP contribution in [0.5, 0.6) is 5.75 Å². The van der Waals surface area contributed by atoms with Gasteiger partial charge in [-0.3, -0.25) is 4.72 Å². The molecule has 0 aliphatic heterocycles. The van der Waals surface area contributed by atoms with E-state index in [1.54, 1.807) is 6.07 Å². The minimum absolute atomic E-state index is 0.0493. The Morgan fingerprint density at radius 3 is 2.52 bits per heavy atom. The number of nitrogens with one attached hydrogen (secondary N) is 1. The standard InChI is InChI=1S/C22H21ClN2O5S/c1-12-2-7-19(12)30-20-10-17(23)15(11-24)8-18(20)25-31(28,29)21-9-14(13-3-4-13)5-6-16(21)22(26)27/h5-6,8-10,12-13,19,25H,2-4,7H2,1H3,(H,26,27). The van der Waals surface area contributed by atoms with Gasteiger partial charge < -0.3 is 9.84 Å². The number of halogens is 1. The van der Waals surface area contributed by atoms with E-state index in [0.29, 0.717) is 5.92 Å². The molecule has 0 spiro atoms. The molecule has 31 heavy (non-hydrogen) atoms. The third-order valence-electron chi connectivity index (χ3n) is 5.83. The van der Waals surface area contributed by atoms with Crippen molar-refractivity contribution in [3.63, 3.8) is 0 Å². The number of carboxylic acids is 1. The van der Waals surface area contributed by atoms with E-state index in [4.69, 9.17) is 16.3 Å². The Kier molecular flexibility index (Phi) is 5.58. The highest BCUT2D eigenvalue weighted by atomic mass is 35.5. The number of benzene rings is 2. The highest BCUT2D eigenvalue weighted by molar-refractivity contribution is 7.92. The molecule has 2 aliphatic rings. The van der Waals surface area contributed by atoms with E-state index in [0.717, 1.165) is 31.2 Å². The van der Waals surface area contributed by atoms with Gasteiger partial charge in [0.25, 0.3) is 10.0 Å². The zero-order valence-corrected chi connectivity index (χ0v) is 18.3. The van der Waals surface area contributed by atoms with Gasteiger partial charge in [-0.15, -0.1) is 0 Å². The number of ether oxygens (including phenoxy) is 1. The molecule has 2 aromatic carbocycles. The molecular weight excluding hydrogens is 440 g/mol. The number of carbonyl (C=O) groups is 1. The van der Waals surface area contributed by atoms with Crippen LogP contribution in [0.4, 0.5) is 5.69 Å². The lowest BCUT2D eigenvalue weighted by atomic mass is 9.83. The second-order valence-electron chi connectivity index (χ2n) is 8.09. The highest BCUT2D eigenvalue weighted by Crippen LogP contribution is 2.42. The summed E-state index contributed by atoms with van der Waals surface area (Å²) in [5, 5.41) is 19.0. The predicted octanol–water partition coefficient (Wildman–Crippen LogP) is 4.77. The number of anilines is 1. The number of hydrogen-bond donors (Lipinski definition) is 2. The molecule has 2 unspecified atom stereocenters. The van der Waals surface area contributed by atoms with Crippen LogP contribution >= 0.6 is 11.6 Å². The molecule has 0 radical (unpaired) electrons. The molecule has 0 heterocycles. The van der Waals surface area contributed by atoms with Crippen molar-refractivity contribution < 1.29 is 23.1 Å². The fourth-order valence-electron chi connectivity index (χ4n) is 3.60. The fourth-order valence-corrected chi connectivity index (χ4v) is 5.09. The van der Waals surface area contributed by atoms with Crippen LogP contribution in [0.2, 0.25) is 5.02 Å². The Morgan fingerprint density at radius 1 is 1.23 bits per heavy atom. The normalized spacial score (nSPS) is 20.4. The Morgan fingerprint density at radius 2 is 1.97 bits per heavy atom. The van der Waals surface area contributed by atoms with Crippen molar-refractivity contribution in [2.75, 3.05) is 4.72 Å². The van der Waals surface area contributed by atoms with Gasteiger partial charge in [-0.05, 0) is 61.3 Å². The van der Waals surface area contributed by atoms with Crippen molar-refractivity contribution in [3.8, 4) is 11.8 Å². The average Bonchev–Trinajstić information content (AvgIpc) is 3.57. The summed E-state index contributed by atoms with van der Waals surface area (Å²) in [7, 11) is -4.28. The van der Waals surface area contributed by atoms with Crippen LogP contribution in [-0.4, -0.2) is 25.6 Å². The molecule has 2 aromatic rings. The Hall–Kier alpha value is -2.76. The first-order chi connectivity index (χ1) is 14.7. The van der Waals surface area contributed by atoms with Crippen molar-refractivity contribution in [1.82, 2.24) is 0 Å². The van der Waals surface area contributed by atoms with Crippen LogP contribution in [0.25, 0.3) is 0 Å². The third-order valence-corrected chi connectivity index (χ3v) is 7.55. The summed E-state index contributed by atoms with van der Waals surface area (Å²) < 4.78 is 34.9. The van der Waals surface area contributed by atoms with Gasteiger partial charge in [-0.1, -0.05) is 24.6 Å². The number of nitrogens with zero attached hydrogens (tertiary/aromatic N) is 1. The molecule has 162 valence electrons. The van der Waals surface area contributed by atoms with Crippen molar-refractivity contribution >= 4 is 33.3 Å². The summed E-state index contributed by atoms with van der Waals surface area (Å²) in [5.41, 5.74) is 0.604. The predicted molar refractivity (Wildman–Crippen MR) is 115 cm³/mol. The molecule has 9 heteroatoms. The maximum absolute atomic E-state index is 13.2. The Bertz CT molecular complexity index is 1200. The Labute approximate surface area is 185 Å². The summed E-state index contributed by atoms with van der Waals surface area (Å²) in [4.78, 5) is 11.4. The second-order valence-corrected chi connectivity index (χ2v) is 10.1. The first-order valence-electron chi connectivity index (χ1n) is 10.00. The molecule has 2 atom stereocenters. The van der Waals surface area contributed by atoms with Crippen molar-refractivity contribution in [2.45, 2.75) is 49.5 Å². The molecule has 7 nitrogen and oxygen atoms in total. The van der Waals surface area contributed by atoms with Crippen LogP contribution in [-0.2, 0) is 10.0 Å². The molecule has 0 bridgehead atoms. The zero-order chi connectivity index (χ0) is 22.3. The van der Waals surface area contributed by atoms with Gasteiger partial charge in [-0.25, -0.2) is 13.2 Å². The molecule has 2 saturated carbocycles. The van der Waals surface area contributed by atoms with Crippen LogP contribution < -0.4 is 9.46 Å². The van der Waals surface area contributed by atoms with Gasteiger partial charge in [0, 0.05) is 6.07 Å². The molecular formula is C22H21ClN2O5S. The van der Waals surface area contributed by atoms with Gasteiger partial charge in [0.2, 0.25) is 0 Å². The largest absolute Gasteiger partial charge is 0.488 e. The lowest BCUT2D eigenvalue weighted by molar-refractivity contribution is 0.0584. The lowest BCUT2D eigenvalue weighted by Crippen LogP contribution is -2.34. The molecule has 0 aromatic heterocycles. The third kappa shape index (κ3) is 4.34. The minimum atomic E-state index is -4.28. The van der Waals surface area contributed by atoms with Crippen LogP contribution in [0.3, 0.4) is 0 Å². The van der Waals surface area contributed by atoms with E-state index in [-0.39, 0.29) is 44.5 Å². The molecule has 2 aliphatic carbocycles. The first kappa shape index (κ1) is 21.5.